The van der Waals surface area contributed by atoms with Gasteiger partial charge in [-0.1, -0.05) is 19.8 Å². The molecule has 3 rings (SSSR count). The van der Waals surface area contributed by atoms with Crippen molar-refractivity contribution in [3.8, 4) is 10.6 Å². The van der Waals surface area contributed by atoms with Gasteiger partial charge in [-0.05, 0) is 30.7 Å². The summed E-state index contributed by atoms with van der Waals surface area (Å²) in [4.78, 5) is 7.79. The van der Waals surface area contributed by atoms with E-state index in [9.17, 15) is 5.11 Å². The molecule has 124 valence electrons. The van der Waals surface area contributed by atoms with Crippen molar-refractivity contribution >= 4 is 17.0 Å². The third-order valence-corrected chi connectivity index (χ3v) is 5.61. The smallest absolute Gasteiger partial charge is 0.124 e. The highest BCUT2D eigenvalue weighted by Gasteiger charge is 2.37. The Kier molecular flexibility index (Phi) is 4.71. The summed E-state index contributed by atoms with van der Waals surface area (Å²) in [6.07, 6.45) is 2.79. The molecule has 0 saturated heterocycles. The Morgan fingerprint density at radius 3 is 2.70 bits per heavy atom. The van der Waals surface area contributed by atoms with Gasteiger partial charge in [0.25, 0.3) is 0 Å². The molecule has 0 radical (unpaired) electrons. The van der Waals surface area contributed by atoms with Crippen molar-refractivity contribution in [2.45, 2.75) is 38.4 Å². The van der Waals surface area contributed by atoms with Gasteiger partial charge in [0.15, 0.2) is 0 Å². The summed E-state index contributed by atoms with van der Waals surface area (Å²) in [5, 5.41) is 11.9. The second-order valence-electron chi connectivity index (χ2n) is 6.36. The van der Waals surface area contributed by atoms with Crippen molar-refractivity contribution in [1.29, 1.82) is 0 Å². The SMILES string of the molecule is CCCCC1(O)COCc2nc(-c3ccc(N(C)C)cc3)sc21. The van der Waals surface area contributed by atoms with Crippen molar-refractivity contribution < 1.29 is 9.84 Å². The standard InChI is InChI=1S/C18H24N2O2S/c1-4-5-10-18(21)12-22-11-15-16(18)23-17(19-15)13-6-8-14(9-7-13)20(2)3/h6-9,21H,4-5,10-12H2,1-3H3. The van der Waals surface area contributed by atoms with E-state index in [1.54, 1.807) is 11.3 Å². The summed E-state index contributed by atoms with van der Waals surface area (Å²) < 4.78 is 5.60. The second kappa shape index (κ2) is 6.59. The van der Waals surface area contributed by atoms with E-state index in [1.807, 2.05) is 14.1 Å². The first-order valence-corrected chi connectivity index (χ1v) is 8.93. The first-order chi connectivity index (χ1) is 11.0. The molecule has 1 unspecified atom stereocenters. The third kappa shape index (κ3) is 3.27. The molecule has 2 aromatic rings. The van der Waals surface area contributed by atoms with E-state index in [0.717, 1.165) is 46.1 Å². The maximum Gasteiger partial charge on any atom is 0.124 e. The fourth-order valence-electron chi connectivity index (χ4n) is 2.88. The summed E-state index contributed by atoms with van der Waals surface area (Å²) in [6.45, 7) is 3.01. The van der Waals surface area contributed by atoms with Crippen molar-refractivity contribution in [2.75, 3.05) is 25.6 Å². The van der Waals surface area contributed by atoms with Crippen molar-refractivity contribution in [3.63, 3.8) is 0 Å². The zero-order valence-corrected chi connectivity index (χ0v) is 14.8. The van der Waals surface area contributed by atoms with Crippen LogP contribution in [0, 0.1) is 0 Å². The van der Waals surface area contributed by atoms with E-state index in [0.29, 0.717) is 13.2 Å². The number of thiazole rings is 1. The second-order valence-corrected chi connectivity index (χ2v) is 7.36. The summed E-state index contributed by atoms with van der Waals surface area (Å²) in [5.74, 6) is 0. The van der Waals surface area contributed by atoms with E-state index >= 15 is 0 Å². The molecule has 0 bridgehead atoms. The van der Waals surface area contributed by atoms with Gasteiger partial charge in [0, 0.05) is 25.3 Å². The van der Waals surface area contributed by atoms with Gasteiger partial charge in [0.05, 0.1) is 23.8 Å². The molecule has 1 aromatic carbocycles. The van der Waals surface area contributed by atoms with Gasteiger partial charge in [0.1, 0.15) is 10.6 Å². The quantitative estimate of drug-likeness (QED) is 0.905. The predicted molar refractivity (Wildman–Crippen MR) is 95.0 cm³/mol. The van der Waals surface area contributed by atoms with Crippen LogP contribution in [-0.4, -0.2) is 30.8 Å². The van der Waals surface area contributed by atoms with Gasteiger partial charge < -0.3 is 14.7 Å². The Balaban J connectivity index is 1.91. The van der Waals surface area contributed by atoms with Gasteiger partial charge in [-0.25, -0.2) is 4.98 Å². The van der Waals surface area contributed by atoms with Crippen LogP contribution < -0.4 is 4.90 Å². The topological polar surface area (TPSA) is 45.6 Å². The molecule has 1 aromatic heterocycles. The van der Waals surface area contributed by atoms with E-state index in [-0.39, 0.29) is 0 Å². The van der Waals surface area contributed by atoms with Crippen LogP contribution in [0.3, 0.4) is 0 Å². The third-order valence-electron chi connectivity index (χ3n) is 4.27. The first kappa shape index (κ1) is 16.4. The number of aromatic nitrogens is 1. The zero-order valence-electron chi connectivity index (χ0n) is 14.0. The maximum atomic E-state index is 11.0. The number of hydrogen-bond donors (Lipinski definition) is 1. The summed E-state index contributed by atoms with van der Waals surface area (Å²) in [7, 11) is 4.06. The summed E-state index contributed by atoms with van der Waals surface area (Å²) >= 11 is 1.61. The molecule has 23 heavy (non-hydrogen) atoms. The molecule has 4 nitrogen and oxygen atoms in total. The molecule has 5 heteroatoms. The lowest BCUT2D eigenvalue weighted by atomic mass is 9.93. The Labute approximate surface area is 141 Å². The zero-order chi connectivity index (χ0) is 16.4. The minimum absolute atomic E-state index is 0.376. The Morgan fingerprint density at radius 1 is 1.30 bits per heavy atom. The minimum atomic E-state index is -0.872. The molecule has 0 aliphatic carbocycles. The summed E-state index contributed by atoms with van der Waals surface area (Å²) in [6, 6.07) is 8.36. The van der Waals surface area contributed by atoms with Crippen LogP contribution in [0.4, 0.5) is 5.69 Å². The molecule has 0 saturated carbocycles. The van der Waals surface area contributed by atoms with Crippen molar-refractivity contribution in [1.82, 2.24) is 4.98 Å². The number of ether oxygens (including phenoxy) is 1. The lowest BCUT2D eigenvalue weighted by Gasteiger charge is -2.31. The van der Waals surface area contributed by atoms with Gasteiger partial charge in [-0.3, -0.25) is 0 Å². The molecule has 0 fully saturated rings. The van der Waals surface area contributed by atoms with E-state index in [1.165, 1.54) is 0 Å². The largest absolute Gasteiger partial charge is 0.382 e. The molecule has 0 amide bonds. The molecule has 2 heterocycles. The van der Waals surface area contributed by atoms with Crippen LogP contribution in [0.25, 0.3) is 10.6 Å². The number of benzene rings is 1. The van der Waals surface area contributed by atoms with E-state index < -0.39 is 5.60 Å². The lowest BCUT2D eigenvalue weighted by Crippen LogP contribution is -2.35. The van der Waals surface area contributed by atoms with Crippen molar-refractivity contribution in [3.05, 3.63) is 34.8 Å². The summed E-state index contributed by atoms with van der Waals surface area (Å²) in [5.41, 5.74) is 2.28. The van der Waals surface area contributed by atoms with Gasteiger partial charge in [-0.2, -0.15) is 0 Å². The monoisotopic (exact) mass is 332 g/mol. The highest BCUT2D eigenvalue weighted by atomic mass is 32.1. The maximum absolute atomic E-state index is 11.0. The number of aliphatic hydroxyl groups is 1. The molecule has 1 N–H and O–H groups in total. The molecule has 1 atom stereocenters. The molecular formula is C18H24N2O2S. The Hall–Kier alpha value is -1.43. The Morgan fingerprint density at radius 2 is 2.04 bits per heavy atom. The molecule has 1 aliphatic rings. The highest BCUT2D eigenvalue weighted by molar-refractivity contribution is 7.15. The van der Waals surface area contributed by atoms with Crippen LogP contribution in [-0.2, 0) is 16.9 Å². The van der Waals surface area contributed by atoms with Crippen LogP contribution >= 0.6 is 11.3 Å². The Bertz CT molecular complexity index is 666. The fourth-order valence-corrected chi connectivity index (χ4v) is 4.05. The normalized spacial score (nSPS) is 20.3. The average molecular weight is 332 g/mol. The predicted octanol–water partition coefficient (Wildman–Crippen LogP) is 3.78. The minimum Gasteiger partial charge on any atom is -0.382 e. The van der Waals surface area contributed by atoms with Crippen molar-refractivity contribution in [2.24, 2.45) is 0 Å². The van der Waals surface area contributed by atoms with Gasteiger partial charge >= 0.3 is 0 Å². The number of unbranched alkanes of at least 4 members (excludes halogenated alkanes) is 1. The highest BCUT2D eigenvalue weighted by Crippen LogP contribution is 2.41. The number of fused-ring (bicyclic) bond motifs is 1. The fraction of sp³-hybridized carbons (Fsp3) is 0.500. The first-order valence-electron chi connectivity index (χ1n) is 8.11. The van der Waals surface area contributed by atoms with E-state index in [2.05, 4.69) is 36.1 Å². The number of hydrogen-bond acceptors (Lipinski definition) is 5. The van der Waals surface area contributed by atoms with Crippen LogP contribution in [0.2, 0.25) is 0 Å². The van der Waals surface area contributed by atoms with Crippen LogP contribution in [0.1, 0.15) is 36.8 Å². The van der Waals surface area contributed by atoms with Gasteiger partial charge in [-0.15, -0.1) is 11.3 Å². The van der Waals surface area contributed by atoms with E-state index in [4.69, 9.17) is 9.72 Å². The average Bonchev–Trinajstić information content (AvgIpc) is 2.99. The lowest BCUT2D eigenvalue weighted by molar-refractivity contribution is -0.0771. The molecule has 1 aliphatic heterocycles. The number of nitrogens with zero attached hydrogens (tertiary/aromatic N) is 2. The van der Waals surface area contributed by atoms with Crippen LogP contribution in [0.15, 0.2) is 24.3 Å². The number of rotatable bonds is 5. The van der Waals surface area contributed by atoms with Gasteiger partial charge in [0.2, 0.25) is 0 Å². The molecular weight excluding hydrogens is 308 g/mol. The van der Waals surface area contributed by atoms with Crippen LogP contribution in [0.5, 0.6) is 0 Å². The molecule has 0 spiro atoms. The number of anilines is 1.